The molecule has 7 nitrogen and oxygen atoms in total. The molecule has 0 saturated carbocycles. The van der Waals surface area contributed by atoms with Gasteiger partial charge in [0.1, 0.15) is 5.69 Å². The molecule has 1 aliphatic heterocycles. The van der Waals surface area contributed by atoms with E-state index in [1.54, 1.807) is 12.1 Å². The number of aromatic amines is 1. The molecule has 1 saturated heterocycles. The minimum absolute atomic E-state index is 0.180. The maximum atomic E-state index is 11.9. The Hall–Kier alpha value is -2.22. The average Bonchev–Trinajstić information content (AvgIpc) is 3.07. The lowest BCUT2D eigenvalue weighted by molar-refractivity contribution is -0.124. The molecule has 0 bridgehead atoms. The Morgan fingerprint density at radius 1 is 1.50 bits per heavy atom. The number of nitrogens with one attached hydrogen (secondary N) is 2. The summed E-state index contributed by atoms with van der Waals surface area (Å²) in [6, 6.07) is 3.33. The van der Waals surface area contributed by atoms with Crippen molar-refractivity contribution in [2.45, 2.75) is 0 Å². The highest BCUT2D eigenvalue weighted by atomic mass is 32.2. The van der Waals surface area contributed by atoms with Gasteiger partial charge in [0, 0.05) is 25.2 Å². The molecular weight excluding hydrogens is 282 g/mol. The van der Waals surface area contributed by atoms with E-state index >= 15 is 0 Å². The Morgan fingerprint density at radius 2 is 2.35 bits per heavy atom. The first-order chi connectivity index (χ1) is 9.65. The van der Waals surface area contributed by atoms with Crippen molar-refractivity contribution >= 4 is 39.9 Å². The molecule has 0 unspecified atom stereocenters. The minimum atomic E-state index is -0.303. The Balaban J connectivity index is 1.56. The Morgan fingerprint density at radius 3 is 3.05 bits per heavy atom. The maximum Gasteiger partial charge on any atom is 0.288 e. The molecule has 0 radical (unpaired) electrons. The van der Waals surface area contributed by atoms with Crippen LogP contribution in [0.4, 0.5) is 4.79 Å². The van der Waals surface area contributed by atoms with Crippen LogP contribution in [0.5, 0.6) is 0 Å². The van der Waals surface area contributed by atoms with Crippen molar-refractivity contribution < 1.29 is 18.8 Å². The standard InChI is InChI=1S/C12H11N3O4S/c16-10-6-20-12(18)15(10)3-2-13-11(17)8-5-9-7(14-8)1-4-19-9/h1,4-5,14H,2-3,6H2,(H,13,17). The minimum Gasteiger partial charge on any atom is -0.463 e. The van der Waals surface area contributed by atoms with E-state index in [0.717, 1.165) is 22.2 Å². The SMILES string of the molecule is O=C(NCCN1C(=O)CSC1=O)c1cc2occc2[nH]1. The quantitative estimate of drug-likeness (QED) is 0.882. The van der Waals surface area contributed by atoms with Gasteiger partial charge in [-0.3, -0.25) is 19.3 Å². The van der Waals surface area contributed by atoms with Crippen LogP contribution in [0.3, 0.4) is 0 Å². The summed E-state index contributed by atoms with van der Waals surface area (Å²) in [6.45, 7) is 0.407. The highest BCUT2D eigenvalue weighted by Gasteiger charge is 2.29. The Labute approximate surface area is 117 Å². The van der Waals surface area contributed by atoms with Crippen LogP contribution in [-0.4, -0.2) is 45.8 Å². The van der Waals surface area contributed by atoms with E-state index in [0.29, 0.717) is 11.3 Å². The third kappa shape index (κ3) is 2.29. The van der Waals surface area contributed by atoms with E-state index in [-0.39, 0.29) is 35.9 Å². The van der Waals surface area contributed by atoms with Gasteiger partial charge in [0.25, 0.3) is 11.1 Å². The second-order valence-electron chi connectivity index (χ2n) is 4.24. The highest BCUT2D eigenvalue weighted by molar-refractivity contribution is 8.14. The van der Waals surface area contributed by atoms with Crippen molar-refractivity contribution in [2.75, 3.05) is 18.8 Å². The molecule has 2 aromatic rings. The van der Waals surface area contributed by atoms with Gasteiger partial charge in [0.2, 0.25) is 5.91 Å². The van der Waals surface area contributed by atoms with Crippen LogP contribution in [0.15, 0.2) is 22.8 Å². The number of fused-ring (bicyclic) bond motifs is 1. The Kier molecular flexibility index (Phi) is 3.23. The van der Waals surface area contributed by atoms with Gasteiger partial charge < -0.3 is 14.7 Å². The van der Waals surface area contributed by atoms with E-state index in [4.69, 9.17) is 4.42 Å². The lowest BCUT2D eigenvalue weighted by Gasteiger charge is -2.12. The topological polar surface area (TPSA) is 95.4 Å². The first-order valence-electron chi connectivity index (χ1n) is 5.96. The van der Waals surface area contributed by atoms with Crippen molar-refractivity contribution in [3.63, 3.8) is 0 Å². The van der Waals surface area contributed by atoms with Crippen molar-refractivity contribution in [1.82, 2.24) is 15.2 Å². The fraction of sp³-hybridized carbons (Fsp3) is 0.250. The summed E-state index contributed by atoms with van der Waals surface area (Å²) in [7, 11) is 0. The third-order valence-corrected chi connectivity index (χ3v) is 3.80. The fourth-order valence-electron chi connectivity index (χ4n) is 1.94. The van der Waals surface area contributed by atoms with Gasteiger partial charge in [-0.05, 0) is 0 Å². The second-order valence-corrected chi connectivity index (χ2v) is 5.16. The lowest BCUT2D eigenvalue weighted by Crippen LogP contribution is -2.37. The number of furan rings is 1. The second kappa shape index (κ2) is 5.04. The summed E-state index contributed by atoms with van der Waals surface area (Å²) in [5, 5.41) is 2.39. The lowest BCUT2D eigenvalue weighted by atomic mass is 10.4. The van der Waals surface area contributed by atoms with Crippen LogP contribution < -0.4 is 5.32 Å². The van der Waals surface area contributed by atoms with Gasteiger partial charge in [-0.1, -0.05) is 11.8 Å². The van der Waals surface area contributed by atoms with E-state index < -0.39 is 0 Å². The first kappa shape index (κ1) is 12.8. The number of rotatable bonds is 4. The van der Waals surface area contributed by atoms with Gasteiger partial charge in [0.15, 0.2) is 5.58 Å². The van der Waals surface area contributed by atoms with Gasteiger partial charge in [0.05, 0.1) is 17.5 Å². The molecule has 0 spiro atoms. The molecule has 0 aromatic carbocycles. The summed E-state index contributed by atoms with van der Waals surface area (Å²) >= 11 is 0.979. The molecule has 8 heteroatoms. The molecule has 3 amide bonds. The molecular formula is C12H11N3O4S. The smallest absolute Gasteiger partial charge is 0.288 e. The number of carbonyl (C=O) groups excluding carboxylic acids is 3. The summed E-state index contributed by atoms with van der Waals surface area (Å²) in [4.78, 5) is 38.6. The fourth-order valence-corrected chi connectivity index (χ4v) is 2.70. The van der Waals surface area contributed by atoms with Crippen LogP contribution in [0, 0.1) is 0 Å². The number of aromatic nitrogens is 1. The zero-order chi connectivity index (χ0) is 14.1. The van der Waals surface area contributed by atoms with Crippen LogP contribution in [0.25, 0.3) is 11.1 Å². The number of H-pyrrole nitrogens is 1. The van der Waals surface area contributed by atoms with Gasteiger partial charge in [-0.15, -0.1) is 0 Å². The summed E-state index contributed by atoms with van der Waals surface area (Å²) in [6.07, 6.45) is 1.53. The van der Waals surface area contributed by atoms with Crippen LogP contribution in [0.2, 0.25) is 0 Å². The summed E-state index contributed by atoms with van der Waals surface area (Å²) in [5.74, 6) is -0.338. The molecule has 1 aliphatic rings. The van der Waals surface area contributed by atoms with E-state index in [9.17, 15) is 14.4 Å². The van der Waals surface area contributed by atoms with Crippen molar-refractivity contribution in [3.05, 3.63) is 24.1 Å². The van der Waals surface area contributed by atoms with Crippen molar-refractivity contribution in [2.24, 2.45) is 0 Å². The number of thioether (sulfide) groups is 1. The number of imide groups is 1. The van der Waals surface area contributed by atoms with Crippen molar-refractivity contribution in [1.29, 1.82) is 0 Å². The largest absolute Gasteiger partial charge is 0.463 e. The van der Waals surface area contributed by atoms with E-state index in [1.165, 1.54) is 6.26 Å². The first-order valence-corrected chi connectivity index (χ1v) is 6.95. The monoisotopic (exact) mass is 293 g/mol. The van der Waals surface area contributed by atoms with Gasteiger partial charge >= 0.3 is 0 Å². The third-order valence-electron chi connectivity index (χ3n) is 2.95. The van der Waals surface area contributed by atoms with Crippen LogP contribution in [0.1, 0.15) is 10.5 Å². The number of nitrogens with zero attached hydrogens (tertiary/aromatic N) is 1. The zero-order valence-electron chi connectivity index (χ0n) is 10.3. The summed E-state index contributed by atoms with van der Waals surface area (Å²) < 4.78 is 5.15. The van der Waals surface area contributed by atoms with Crippen molar-refractivity contribution in [3.8, 4) is 0 Å². The molecule has 1 fully saturated rings. The normalized spacial score (nSPS) is 15.3. The molecule has 0 atom stereocenters. The summed E-state index contributed by atoms with van der Waals surface area (Å²) in [5.41, 5.74) is 1.74. The zero-order valence-corrected chi connectivity index (χ0v) is 11.2. The molecule has 3 rings (SSSR count). The average molecular weight is 293 g/mol. The number of hydrogen-bond donors (Lipinski definition) is 2. The van der Waals surface area contributed by atoms with Gasteiger partial charge in [-0.2, -0.15) is 0 Å². The molecule has 2 aromatic heterocycles. The molecule has 3 heterocycles. The van der Waals surface area contributed by atoms with Crippen LogP contribution in [-0.2, 0) is 4.79 Å². The maximum absolute atomic E-state index is 11.9. The Bertz CT molecular complexity index is 645. The van der Waals surface area contributed by atoms with E-state index in [2.05, 4.69) is 10.3 Å². The van der Waals surface area contributed by atoms with Gasteiger partial charge in [-0.25, -0.2) is 0 Å². The number of amides is 3. The van der Waals surface area contributed by atoms with Crippen LogP contribution >= 0.6 is 11.8 Å². The number of hydrogen-bond acceptors (Lipinski definition) is 5. The number of carbonyl (C=O) groups is 3. The molecule has 20 heavy (non-hydrogen) atoms. The van der Waals surface area contributed by atoms with E-state index in [1.807, 2.05) is 0 Å². The molecule has 0 aliphatic carbocycles. The predicted molar refractivity (Wildman–Crippen MR) is 72.5 cm³/mol. The molecule has 2 N–H and O–H groups in total. The molecule has 104 valence electrons. The predicted octanol–water partition coefficient (Wildman–Crippen LogP) is 1.19. The highest BCUT2D eigenvalue weighted by Crippen LogP contribution is 2.18.